The predicted molar refractivity (Wildman–Crippen MR) is 41.7 cm³/mol. The van der Waals surface area contributed by atoms with Crippen LogP contribution in [0.3, 0.4) is 0 Å². The van der Waals surface area contributed by atoms with Gasteiger partial charge in [0.2, 0.25) is 0 Å². The number of carbonyl (C=O) groups excluding carboxylic acids is 1. The fourth-order valence-corrected chi connectivity index (χ4v) is 0.710. The number of nitrogens with zero attached hydrogens (tertiary/aromatic N) is 1. The van der Waals surface area contributed by atoms with E-state index in [1.807, 2.05) is 6.92 Å². The summed E-state index contributed by atoms with van der Waals surface area (Å²) < 4.78 is 0. The molecule has 0 saturated carbocycles. The van der Waals surface area contributed by atoms with Gasteiger partial charge in [0.25, 0.3) is 0 Å². The van der Waals surface area contributed by atoms with Gasteiger partial charge in [-0.3, -0.25) is 4.89 Å². The molecule has 0 atom stereocenters. The summed E-state index contributed by atoms with van der Waals surface area (Å²) in [6.07, 6.45) is 2.48. The predicted octanol–water partition coefficient (Wildman–Crippen LogP) is 1.34. The van der Waals surface area contributed by atoms with E-state index in [0.29, 0.717) is 12.0 Å². The van der Waals surface area contributed by atoms with Crippen LogP contribution >= 0.6 is 0 Å². The first-order valence-corrected chi connectivity index (χ1v) is 3.59. The second-order valence-electron chi connectivity index (χ2n) is 2.09. The molecule has 4 heteroatoms. The van der Waals surface area contributed by atoms with Crippen LogP contribution in [0.4, 0.5) is 0 Å². The zero-order valence-electron chi connectivity index (χ0n) is 7.16. The molecule has 0 amide bonds. The van der Waals surface area contributed by atoms with E-state index in [0.717, 1.165) is 6.42 Å². The Morgan fingerprint density at radius 1 is 1.67 bits per heavy atom. The van der Waals surface area contributed by atoms with Crippen molar-refractivity contribution in [3.63, 3.8) is 0 Å². The van der Waals surface area contributed by atoms with Crippen molar-refractivity contribution in [3.05, 3.63) is 11.6 Å². The van der Waals surface area contributed by atoms with Crippen molar-refractivity contribution in [1.29, 1.82) is 5.26 Å². The number of nitriles is 1. The Bertz CT molecular complexity index is 215. The molecule has 66 valence electrons. The van der Waals surface area contributed by atoms with E-state index in [9.17, 15) is 4.79 Å². The first kappa shape index (κ1) is 10.7. The van der Waals surface area contributed by atoms with E-state index in [1.54, 1.807) is 6.07 Å². The molecule has 0 N–H and O–H groups in total. The molecular weight excluding hydrogens is 158 g/mol. The summed E-state index contributed by atoms with van der Waals surface area (Å²) in [4.78, 5) is 19.4. The van der Waals surface area contributed by atoms with E-state index < -0.39 is 5.97 Å². The van der Waals surface area contributed by atoms with Gasteiger partial charge in [-0.15, -0.1) is 0 Å². The molecule has 0 bridgehead atoms. The van der Waals surface area contributed by atoms with Gasteiger partial charge in [-0.2, -0.15) is 10.1 Å². The Hall–Kier alpha value is -1.34. The van der Waals surface area contributed by atoms with Gasteiger partial charge in [-0.1, -0.05) is 13.3 Å². The van der Waals surface area contributed by atoms with Crippen LogP contribution in [0.15, 0.2) is 11.6 Å². The van der Waals surface area contributed by atoms with Gasteiger partial charge in [0.05, 0.1) is 18.8 Å². The SMILES string of the molecule is CCCC(=CC#N)C(=O)OOC. The van der Waals surface area contributed by atoms with E-state index in [-0.39, 0.29) is 0 Å². The lowest BCUT2D eigenvalue weighted by Gasteiger charge is -2.00. The molecule has 0 rings (SSSR count). The summed E-state index contributed by atoms with van der Waals surface area (Å²) in [6.45, 7) is 1.91. The third kappa shape index (κ3) is 3.74. The van der Waals surface area contributed by atoms with Gasteiger partial charge < -0.3 is 0 Å². The van der Waals surface area contributed by atoms with Gasteiger partial charge in [-0.25, -0.2) is 4.79 Å². The fraction of sp³-hybridized carbons (Fsp3) is 0.500. The third-order valence-electron chi connectivity index (χ3n) is 1.18. The molecule has 0 radical (unpaired) electrons. The molecule has 0 aromatic carbocycles. The normalized spacial score (nSPS) is 10.6. The molecule has 0 fully saturated rings. The minimum atomic E-state index is -0.596. The Morgan fingerprint density at radius 3 is 2.75 bits per heavy atom. The van der Waals surface area contributed by atoms with Crippen LogP contribution in [-0.2, 0) is 14.6 Å². The average molecular weight is 169 g/mol. The van der Waals surface area contributed by atoms with Crippen LogP contribution in [-0.4, -0.2) is 13.1 Å². The number of carbonyl (C=O) groups is 1. The largest absolute Gasteiger partial charge is 0.369 e. The standard InChI is InChI=1S/C8H11NO3/c1-3-4-7(5-6-9)8(10)12-11-2/h5H,3-4H2,1-2H3. The molecule has 12 heavy (non-hydrogen) atoms. The zero-order chi connectivity index (χ0) is 9.40. The molecule has 0 aliphatic heterocycles. The Balaban J connectivity index is 4.22. The maximum atomic E-state index is 11.0. The Morgan fingerprint density at radius 2 is 2.33 bits per heavy atom. The molecule has 0 aromatic heterocycles. The molecule has 0 aliphatic rings. The van der Waals surface area contributed by atoms with Crippen LogP contribution in [0, 0.1) is 11.3 Å². The van der Waals surface area contributed by atoms with E-state index >= 15 is 0 Å². The lowest BCUT2D eigenvalue weighted by atomic mass is 10.1. The van der Waals surface area contributed by atoms with Crippen LogP contribution in [0.2, 0.25) is 0 Å². The van der Waals surface area contributed by atoms with Crippen molar-refractivity contribution >= 4 is 5.97 Å². The summed E-state index contributed by atoms with van der Waals surface area (Å²) in [5.74, 6) is -0.596. The second kappa shape index (κ2) is 6.38. The number of rotatable bonds is 4. The summed E-state index contributed by atoms with van der Waals surface area (Å²) in [7, 11) is 1.24. The van der Waals surface area contributed by atoms with Crippen LogP contribution in [0.25, 0.3) is 0 Å². The maximum absolute atomic E-state index is 11.0. The summed E-state index contributed by atoms with van der Waals surface area (Å²) in [5.41, 5.74) is 0.335. The van der Waals surface area contributed by atoms with E-state index in [4.69, 9.17) is 5.26 Å². The van der Waals surface area contributed by atoms with Crippen molar-refractivity contribution in [2.24, 2.45) is 0 Å². The fourth-order valence-electron chi connectivity index (χ4n) is 0.710. The highest BCUT2D eigenvalue weighted by atomic mass is 17.2. The number of hydrogen-bond donors (Lipinski definition) is 0. The highest BCUT2D eigenvalue weighted by Crippen LogP contribution is 2.06. The Kier molecular flexibility index (Phi) is 5.66. The summed E-state index contributed by atoms with van der Waals surface area (Å²) in [5, 5.41) is 8.31. The van der Waals surface area contributed by atoms with E-state index in [1.165, 1.54) is 13.2 Å². The molecule has 4 nitrogen and oxygen atoms in total. The summed E-state index contributed by atoms with van der Waals surface area (Å²) in [6, 6.07) is 1.77. The van der Waals surface area contributed by atoms with Gasteiger partial charge in [0.1, 0.15) is 0 Å². The topological polar surface area (TPSA) is 59.3 Å². The smallest absolute Gasteiger partial charge is 0.293 e. The lowest BCUT2D eigenvalue weighted by molar-refractivity contribution is -0.250. The van der Waals surface area contributed by atoms with Crippen molar-refractivity contribution in [1.82, 2.24) is 0 Å². The van der Waals surface area contributed by atoms with Gasteiger partial charge >= 0.3 is 5.97 Å². The maximum Gasteiger partial charge on any atom is 0.369 e. The second-order valence-corrected chi connectivity index (χ2v) is 2.09. The molecule has 0 aromatic rings. The van der Waals surface area contributed by atoms with Crippen molar-refractivity contribution in [2.75, 3.05) is 7.11 Å². The monoisotopic (exact) mass is 169 g/mol. The minimum Gasteiger partial charge on any atom is -0.293 e. The lowest BCUT2D eigenvalue weighted by Crippen LogP contribution is -2.06. The third-order valence-corrected chi connectivity index (χ3v) is 1.18. The Labute approximate surface area is 71.3 Å². The quantitative estimate of drug-likeness (QED) is 0.276. The molecule has 0 heterocycles. The number of allylic oxidation sites excluding steroid dienone is 1. The van der Waals surface area contributed by atoms with E-state index in [2.05, 4.69) is 9.78 Å². The minimum absolute atomic E-state index is 0.335. The van der Waals surface area contributed by atoms with Crippen LogP contribution in [0.1, 0.15) is 19.8 Å². The first-order valence-electron chi connectivity index (χ1n) is 3.59. The van der Waals surface area contributed by atoms with Gasteiger partial charge in [0.15, 0.2) is 0 Å². The highest BCUT2D eigenvalue weighted by Gasteiger charge is 2.09. The summed E-state index contributed by atoms with van der Waals surface area (Å²) >= 11 is 0. The molecule has 0 aliphatic carbocycles. The first-order chi connectivity index (χ1) is 5.76. The molecular formula is C8H11NO3. The van der Waals surface area contributed by atoms with Crippen molar-refractivity contribution in [2.45, 2.75) is 19.8 Å². The zero-order valence-corrected chi connectivity index (χ0v) is 7.16. The molecule has 0 saturated heterocycles. The van der Waals surface area contributed by atoms with Gasteiger partial charge in [-0.05, 0) is 6.42 Å². The van der Waals surface area contributed by atoms with Crippen LogP contribution in [0.5, 0.6) is 0 Å². The van der Waals surface area contributed by atoms with Gasteiger partial charge in [0, 0.05) is 6.08 Å². The van der Waals surface area contributed by atoms with Crippen molar-refractivity contribution in [3.8, 4) is 6.07 Å². The molecule has 0 spiro atoms. The average Bonchev–Trinajstić information content (AvgIpc) is 2.04. The van der Waals surface area contributed by atoms with Crippen LogP contribution < -0.4 is 0 Å². The highest BCUT2D eigenvalue weighted by molar-refractivity contribution is 5.88. The van der Waals surface area contributed by atoms with Crippen molar-refractivity contribution < 1.29 is 14.6 Å². The number of hydrogen-bond acceptors (Lipinski definition) is 4. The molecule has 0 unspecified atom stereocenters.